The standard InChI is InChI=1S/C12H22N4O/c1-3-7-14-12-15-9-6-11(16-12)13-8-5-10(17)4-2/h6,9-10,17H,3-5,7-8H2,1-2H3,(H2,13,14,15,16). The Kier molecular flexibility index (Phi) is 6.32. The van der Waals surface area contributed by atoms with Crippen LogP contribution in [0.15, 0.2) is 12.3 Å². The zero-order chi connectivity index (χ0) is 12.5. The van der Waals surface area contributed by atoms with Gasteiger partial charge in [-0.2, -0.15) is 4.98 Å². The number of nitrogens with one attached hydrogen (secondary N) is 2. The number of aromatic nitrogens is 2. The quantitative estimate of drug-likeness (QED) is 0.645. The summed E-state index contributed by atoms with van der Waals surface area (Å²) in [5.41, 5.74) is 0. The van der Waals surface area contributed by atoms with Gasteiger partial charge >= 0.3 is 0 Å². The van der Waals surface area contributed by atoms with Gasteiger partial charge in [-0.25, -0.2) is 4.98 Å². The van der Waals surface area contributed by atoms with Crippen LogP contribution in [0.2, 0.25) is 0 Å². The maximum absolute atomic E-state index is 9.42. The third-order valence-corrected chi connectivity index (χ3v) is 2.44. The summed E-state index contributed by atoms with van der Waals surface area (Å²) in [7, 11) is 0. The number of hydrogen-bond donors (Lipinski definition) is 3. The second-order valence-electron chi connectivity index (χ2n) is 3.97. The molecule has 0 aromatic carbocycles. The maximum atomic E-state index is 9.42. The second kappa shape index (κ2) is 7.84. The Balaban J connectivity index is 2.37. The van der Waals surface area contributed by atoms with E-state index in [-0.39, 0.29) is 6.10 Å². The highest BCUT2D eigenvalue weighted by Crippen LogP contribution is 2.06. The van der Waals surface area contributed by atoms with Crippen LogP contribution >= 0.6 is 0 Å². The normalized spacial score (nSPS) is 12.2. The molecular formula is C12H22N4O. The number of aliphatic hydroxyl groups is 1. The molecule has 0 aliphatic heterocycles. The van der Waals surface area contributed by atoms with Crippen molar-refractivity contribution in [2.24, 2.45) is 0 Å². The van der Waals surface area contributed by atoms with Crippen LogP contribution in [-0.4, -0.2) is 34.3 Å². The van der Waals surface area contributed by atoms with E-state index in [0.717, 1.165) is 38.2 Å². The average Bonchev–Trinajstić information content (AvgIpc) is 2.36. The monoisotopic (exact) mass is 238 g/mol. The zero-order valence-electron chi connectivity index (χ0n) is 10.6. The summed E-state index contributed by atoms with van der Waals surface area (Å²) in [5.74, 6) is 1.44. The van der Waals surface area contributed by atoms with E-state index in [4.69, 9.17) is 0 Å². The Morgan fingerprint density at radius 1 is 1.29 bits per heavy atom. The molecule has 5 heteroatoms. The van der Waals surface area contributed by atoms with Crippen LogP contribution in [0.3, 0.4) is 0 Å². The first-order chi connectivity index (χ1) is 8.26. The van der Waals surface area contributed by atoms with Crippen LogP contribution < -0.4 is 10.6 Å². The molecule has 1 aromatic heterocycles. The van der Waals surface area contributed by atoms with Gasteiger partial charge in [-0.3, -0.25) is 0 Å². The van der Waals surface area contributed by atoms with Crippen molar-refractivity contribution in [2.45, 2.75) is 39.2 Å². The minimum atomic E-state index is -0.234. The lowest BCUT2D eigenvalue weighted by atomic mass is 10.2. The third kappa shape index (κ3) is 5.49. The van der Waals surface area contributed by atoms with Gasteiger partial charge in [-0.1, -0.05) is 13.8 Å². The molecule has 1 unspecified atom stereocenters. The van der Waals surface area contributed by atoms with E-state index in [1.54, 1.807) is 6.20 Å². The second-order valence-corrected chi connectivity index (χ2v) is 3.97. The molecule has 1 aromatic rings. The molecule has 96 valence electrons. The molecule has 0 fully saturated rings. The van der Waals surface area contributed by atoms with Gasteiger partial charge in [-0.05, 0) is 25.3 Å². The Morgan fingerprint density at radius 3 is 2.82 bits per heavy atom. The van der Waals surface area contributed by atoms with Gasteiger partial charge < -0.3 is 15.7 Å². The van der Waals surface area contributed by atoms with E-state index in [1.165, 1.54) is 0 Å². The predicted molar refractivity (Wildman–Crippen MR) is 70.2 cm³/mol. The van der Waals surface area contributed by atoms with Crippen LogP contribution in [0.4, 0.5) is 11.8 Å². The molecule has 5 nitrogen and oxygen atoms in total. The number of nitrogens with zero attached hydrogens (tertiary/aromatic N) is 2. The van der Waals surface area contributed by atoms with Crippen LogP contribution in [0.5, 0.6) is 0 Å². The van der Waals surface area contributed by atoms with Gasteiger partial charge in [0.2, 0.25) is 5.95 Å². The van der Waals surface area contributed by atoms with E-state index >= 15 is 0 Å². The van der Waals surface area contributed by atoms with Crippen molar-refractivity contribution in [3.63, 3.8) is 0 Å². The molecule has 1 heterocycles. The van der Waals surface area contributed by atoms with E-state index in [1.807, 2.05) is 13.0 Å². The lowest BCUT2D eigenvalue weighted by Gasteiger charge is -2.10. The highest BCUT2D eigenvalue weighted by Gasteiger charge is 2.01. The minimum absolute atomic E-state index is 0.234. The van der Waals surface area contributed by atoms with Gasteiger partial charge in [-0.15, -0.1) is 0 Å². The summed E-state index contributed by atoms with van der Waals surface area (Å²) in [6.45, 7) is 5.67. The van der Waals surface area contributed by atoms with Gasteiger partial charge in [0.1, 0.15) is 5.82 Å². The largest absolute Gasteiger partial charge is 0.393 e. The molecule has 3 N–H and O–H groups in total. The van der Waals surface area contributed by atoms with Crippen molar-refractivity contribution >= 4 is 11.8 Å². The topological polar surface area (TPSA) is 70.1 Å². The van der Waals surface area contributed by atoms with Crippen LogP contribution in [0.1, 0.15) is 33.1 Å². The Hall–Kier alpha value is -1.36. The molecule has 0 radical (unpaired) electrons. The number of aliphatic hydroxyl groups excluding tert-OH is 1. The van der Waals surface area contributed by atoms with Crippen molar-refractivity contribution in [1.29, 1.82) is 0 Å². The first-order valence-corrected chi connectivity index (χ1v) is 6.25. The Morgan fingerprint density at radius 2 is 2.12 bits per heavy atom. The highest BCUT2D eigenvalue weighted by atomic mass is 16.3. The van der Waals surface area contributed by atoms with Crippen molar-refractivity contribution in [3.8, 4) is 0 Å². The molecule has 0 aliphatic rings. The maximum Gasteiger partial charge on any atom is 0.224 e. The van der Waals surface area contributed by atoms with Crippen molar-refractivity contribution < 1.29 is 5.11 Å². The van der Waals surface area contributed by atoms with E-state index in [0.29, 0.717) is 5.95 Å². The third-order valence-electron chi connectivity index (χ3n) is 2.44. The van der Waals surface area contributed by atoms with Gasteiger partial charge in [0.05, 0.1) is 6.10 Å². The summed E-state index contributed by atoms with van der Waals surface area (Å²) in [6, 6.07) is 1.83. The first-order valence-electron chi connectivity index (χ1n) is 6.25. The SMILES string of the molecule is CCCNc1nccc(NCCC(O)CC)n1. The smallest absolute Gasteiger partial charge is 0.224 e. The van der Waals surface area contributed by atoms with E-state index < -0.39 is 0 Å². The molecular weight excluding hydrogens is 216 g/mol. The molecule has 17 heavy (non-hydrogen) atoms. The summed E-state index contributed by atoms with van der Waals surface area (Å²) >= 11 is 0. The molecule has 0 bridgehead atoms. The summed E-state index contributed by atoms with van der Waals surface area (Å²) in [6.07, 6.45) is 4.06. The fraction of sp³-hybridized carbons (Fsp3) is 0.667. The molecule has 1 atom stereocenters. The van der Waals surface area contributed by atoms with E-state index in [9.17, 15) is 5.11 Å². The lowest BCUT2D eigenvalue weighted by molar-refractivity contribution is 0.164. The number of rotatable bonds is 8. The molecule has 0 aliphatic carbocycles. The average molecular weight is 238 g/mol. The Bertz CT molecular complexity index is 319. The van der Waals surface area contributed by atoms with E-state index in [2.05, 4.69) is 27.5 Å². The van der Waals surface area contributed by atoms with Crippen LogP contribution in [-0.2, 0) is 0 Å². The lowest BCUT2D eigenvalue weighted by Crippen LogP contribution is -2.13. The van der Waals surface area contributed by atoms with Crippen LogP contribution in [0.25, 0.3) is 0 Å². The highest BCUT2D eigenvalue weighted by molar-refractivity contribution is 5.39. The van der Waals surface area contributed by atoms with Crippen LogP contribution in [0, 0.1) is 0 Å². The number of anilines is 2. The summed E-state index contributed by atoms with van der Waals surface area (Å²) in [5, 5.41) is 15.7. The minimum Gasteiger partial charge on any atom is -0.393 e. The van der Waals surface area contributed by atoms with Crippen molar-refractivity contribution in [2.75, 3.05) is 23.7 Å². The molecule has 0 saturated heterocycles. The van der Waals surface area contributed by atoms with Crippen molar-refractivity contribution in [3.05, 3.63) is 12.3 Å². The molecule has 0 saturated carbocycles. The van der Waals surface area contributed by atoms with Gasteiger partial charge in [0.15, 0.2) is 0 Å². The fourth-order valence-electron chi connectivity index (χ4n) is 1.35. The summed E-state index contributed by atoms with van der Waals surface area (Å²) < 4.78 is 0. The van der Waals surface area contributed by atoms with Gasteiger partial charge in [0.25, 0.3) is 0 Å². The Labute approximate surface area is 103 Å². The molecule has 0 spiro atoms. The first kappa shape index (κ1) is 13.7. The number of hydrogen-bond acceptors (Lipinski definition) is 5. The molecule has 1 rings (SSSR count). The van der Waals surface area contributed by atoms with Gasteiger partial charge in [0, 0.05) is 19.3 Å². The molecule has 0 amide bonds. The predicted octanol–water partition coefficient (Wildman–Crippen LogP) is 1.87. The summed E-state index contributed by atoms with van der Waals surface area (Å²) in [4.78, 5) is 8.44. The zero-order valence-corrected chi connectivity index (χ0v) is 10.6. The fourth-order valence-corrected chi connectivity index (χ4v) is 1.35. The van der Waals surface area contributed by atoms with Crippen molar-refractivity contribution in [1.82, 2.24) is 9.97 Å².